The molecule has 54 heavy (non-hydrogen) atoms. The number of hydrogen-bond acceptors (Lipinski definition) is 9. The number of carbonyl (C=O) groups excluding carboxylic acids is 4. The van der Waals surface area contributed by atoms with Crippen molar-refractivity contribution < 1.29 is 33.4 Å². The number of aromatic nitrogens is 2. The number of unbranched alkanes of at least 4 members (excludes halogenated alkanes) is 3. The van der Waals surface area contributed by atoms with E-state index in [-0.39, 0.29) is 36.7 Å². The zero-order chi connectivity index (χ0) is 38.1. The molecular weight excluding hydrogens is 684 g/mol. The van der Waals surface area contributed by atoms with Gasteiger partial charge in [0, 0.05) is 48.1 Å². The Balaban J connectivity index is 1.26. The summed E-state index contributed by atoms with van der Waals surface area (Å²) in [5.74, 6) is -3.04. The number of pyridine rings is 2. The summed E-state index contributed by atoms with van der Waals surface area (Å²) in [5.41, 5.74) is 3.66. The molecule has 1 N–H and O–H groups in total. The minimum Gasteiger partial charge on any atom is -0.469 e. The molecule has 11 nitrogen and oxygen atoms in total. The van der Waals surface area contributed by atoms with Crippen molar-refractivity contribution in [3.63, 3.8) is 0 Å². The van der Waals surface area contributed by atoms with Gasteiger partial charge in [-0.15, -0.1) is 0 Å². The molecule has 0 aliphatic carbocycles. The summed E-state index contributed by atoms with van der Waals surface area (Å²) in [6, 6.07) is 25.7. The normalized spacial score (nSPS) is 15.5. The molecule has 1 aliphatic heterocycles. The number of nitrogens with one attached hydrogen (secondary N) is 1. The van der Waals surface area contributed by atoms with Gasteiger partial charge in [0.25, 0.3) is 0 Å². The Morgan fingerprint density at radius 2 is 1.48 bits per heavy atom. The number of rotatable bonds is 16. The minimum absolute atomic E-state index is 0.0129. The van der Waals surface area contributed by atoms with Crippen LogP contribution in [0.25, 0.3) is 21.8 Å². The summed E-state index contributed by atoms with van der Waals surface area (Å²) in [7, 11) is 1.38. The van der Waals surface area contributed by atoms with Crippen LogP contribution in [0.4, 0.5) is 11.4 Å². The molecule has 11 heteroatoms. The quantitative estimate of drug-likeness (QED) is 0.0629. The predicted octanol–water partition coefficient (Wildman–Crippen LogP) is 7.32. The fraction of sp³-hybridized carbons (Fsp3) is 0.349. The molecule has 1 saturated heterocycles. The lowest BCUT2D eigenvalue weighted by Crippen LogP contribution is -2.39. The maximum absolute atomic E-state index is 14.3. The number of esters is 1. The van der Waals surface area contributed by atoms with Gasteiger partial charge in [0.1, 0.15) is 12.0 Å². The molecule has 0 bridgehead atoms. The van der Waals surface area contributed by atoms with Crippen LogP contribution in [0.5, 0.6) is 0 Å². The van der Waals surface area contributed by atoms with Crippen molar-refractivity contribution in [1.82, 2.24) is 9.97 Å². The number of para-hydroxylation sites is 2. The lowest BCUT2D eigenvalue weighted by molar-refractivity contribution is -0.140. The third kappa shape index (κ3) is 9.52. The van der Waals surface area contributed by atoms with Crippen LogP contribution in [0.3, 0.4) is 0 Å². The number of ketones is 1. The zero-order valence-electron chi connectivity index (χ0n) is 31.0. The van der Waals surface area contributed by atoms with Crippen LogP contribution in [0, 0.1) is 0 Å². The fourth-order valence-corrected chi connectivity index (χ4v) is 6.88. The summed E-state index contributed by atoms with van der Waals surface area (Å²) in [6.45, 7) is 4.29. The summed E-state index contributed by atoms with van der Waals surface area (Å²) in [5, 5.41) is 4.75. The van der Waals surface area contributed by atoms with Gasteiger partial charge < -0.3 is 24.4 Å². The summed E-state index contributed by atoms with van der Waals surface area (Å²) < 4.78 is 16.6. The van der Waals surface area contributed by atoms with Crippen molar-refractivity contribution in [3.8, 4) is 0 Å². The van der Waals surface area contributed by atoms with Crippen molar-refractivity contribution in [2.45, 2.75) is 76.6 Å². The molecule has 3 heterocycles. The van der Waals surface area contributed by atoms with Crippen LogP contribution >= 0.6 is 0 Å². The number of hydrogen-bond donors (Lipinski definition) is 1. The maximum Gasteiger partial charge on any atom is 0.305 e. The number of fused-ring (bicyclic) bond motifs is 2. The maximum atomic E-state index is 14.3. The topological polar surface area (TPSA) is 137 Å². The van der Waals surface area contributed by atoms with Crippen LogP contribution in [-0.4, -0.2) is 65.7 Å². The highest BCUT2D eigenvalue weighted by atomic mass is 16.7. The Hall–Kier alpha value is -5.52. The first-order valence-corrected chi connectivity index (χ1v) is 18.4. The number of methoxy groups -OCH3 is 1. The number of ether oxygens (including phenoxy) is 3. The van der Waals surface area contributed by atoms with Gasteiger partial charge in [0.2, 0.25) is 11.8 Å². The molecule has 0 radical (unpaired) electrons. The van der Waals surface area contributed by atoms with E-state index in [0.717, 1.165) is 29.2 Å². The van der Waals surface area contributed by atoms with Gasteiger partial charge in [-0.2, -0.15) is 0 Å². The first-order chi connectivity index (χ1) is 26.1. The largest absolute Gasteiger partial charge is 0.469 e. The first kappa shape index (κ1) is 38.2. The van der Waals surface area contributed by atoms with E-state index < -0.39 is 17.6 Å². The van der Waals surface area contributed by atoms with E-state index in [1.807, 2.05) is 68.4 Å². The third-order valence-corrected chi connectivity index (χ3v) is 9.60. The highest BCUT2D eigenvalue weighted by Gasteiger charge is 2.35. The molecule has 280 valence electrons. The lowest BCUT2D eigenvalue weighted by atomic mass is 9.89. The summed E-state index contributed by atoms with van der Waals surface area (Å²) in [4.78, 5) is 64.4. The van der Waals surface area contributed by atoms with E-state index in [1.54, 1.807) is 47.6 Å². The van der Waals surface area contributed by atoms with Gasteiger partial charge in [-0.25, -0.2) is 0 Å². The first-order valence-electron chi connectivity index (χ1n) is 18.4. The van der Waals surface area contributed by atoms with Crippen LogP contribution in [0.1, 0.15) is 69.4 Å². The van der Waals surface area contributed by atoms with E-state index in [9.17, 15) is 19.2 Å². The Morgan fingerprint density at radius 1 is 0.833 bits per heavy atom. The molecule has 2 aromatic heterocycles. The van der Waals surface area contributed by atoms with Gasteiger partial charge in [0.15, 0.2) is 11.6 Å². The SMILES string of the molecule is COC(=O)CCCCCCC(=O)N(C[C@@H]1COC(C)(C)O1)c1ccc(C(C(=O)Cc2cccc3cccnc23)C(=O)Nc2cccc3cccnc23)cc1. The second-order valence-corrected chi connectivity index (χ2v) is 14.0. The predicted molar refractivity (Wildman–Crippen MR) is 207 cm³/mol. The fourth-order valence-electron chi connectivity index (χ4n) is 6.88. The molecule has 2 atom stereocenters. The van der Waals surface area contributed by atoms with Crippen LogP contribution in [0.2, 0.25) is 0 Å². The van der Waals surface area contributed by atoms with Gasteiger partial charge in [-0.3, -0.25) is 29.1 Å². The number of benzene rings is 3. The molecule has 0 saturated carbocycles. The number of nitrogens with zero attached hydrogens (tertiary/aromatic N) is 3. The molecule has 6 rings (SSSR count). The summed E-state index contributed by atoms with van der Waals surface area (Å²) in [6.07, 6.45) is 6.63. The average molecular weight is 731 g/mol. The van der Waals surface area contributed by atoms with Gasteiger partial charge in [0.05, 0.1) is 37.0 Å². The molecule has 5 aromatic rings. The number of amides is 2. The van der Waals surface area contributed by atoms with Gasteiger partial charge in [-0.05, 0) is 68.1 Å². The molecule has 1 fully saturated rings. The Labute approximate surface area is 315 Å². The zero-order valence-corrected chi connectivity index (χ0v) is 31.0. The van der Waals surface area contributed by atoms with Crippen LogP contribution in [-0.2, 0) is 39.8 Å². The molecule has 2 amide bonds. The highest BCUT2D eigenvalue weighted by molar-refractivity contribution is 6.14. The lowest BCUT2D eigenvalue weighted by Gasteiger charge is -2.27. The number of carbonyl (C=O) groups is 4. The third-order valence-electron chi connectivity index (χ3n) is 9.60. The average Bonchev–Trinajstić information content (AvgIpc) is 3.53. The number of anilines is 2. The highest BCUT2D eigenvalue weighted by Crippen LogP contribution is 2.30. The van der Waals surface area contributed by atoms with E-state index in [2.05, 4.69) is 15.3 Å². The van der Waals surface area contributed by atoms with Gasteiger partial charge >= 0.3 is 5.97 Å². The van der Waals surface area contributed by atoms with Gasteiger partial charge in [-0.1, -0.05) is 67.4 Å². The second-order valence-electron chi connectivity index (χ2n) is 14.0. The minimum atomic E-state index is -1.17. The van der Waals surface area contributed by atoms with Crippen LogP contribution < -0.4 is 10.2 Å². The molecular formula is C43H46N4O7. The van der Waals surface area contributed by atoms with E-state index in [1.165, 1.54) is 7.11 Å². The van der Waals surface area contributed by atoms with Crippen LogP contribution in [0.15, 0.2) is 97.3 Å². The Bertz CT molecular complexity index is 2010. The molecule has 0 spiro atoms. The second kappa shape index (κ2) is 17.5. The van der Waals surface area contributed by atoms with E-state index >= 15 is 0 Å². The van der Waals surface area contributed by atoms with Crippen molar-refractivity contribution in [2.75, 3.05) is 30.5 Å². The van der Waals surface area contributed by atoms with Crippen molar-refractivity contribution >= 4 is 56.7 Å². The van der Waals surface area contributed by atoms with Crippen molar-refractivity contribution in [2.24, 2.45) is 0 Å². The molecule has 1 aliphatic rings. The molecule has 3 aromatic carbocycles. The summed E-state index contributed by atoms with van der Waals surface area (Å²) >= 11 is 0. The van der Waals surface area contributed by atoms with E-state index in [0.29, 0.717) is 60.3 Å². The Morgan fingerprint density at radius 3 is 2.17 bits per heavy atom. The van der Waals surface area contributed by atoms with Crippen molar-refractivity contribution in [3.05, 3.63) is 108 Å². The molecule has 1 unspecified atom stereocenters. The number of Topliss-reactive ketones (excluding diaryl/α,β-unsaturated/α-hetero) is 1. The monoisotopic (exact) mass is 730 g/mol. The standard InChI is InChI=1S/C43H46N4O7/c1-43(2)53-28-34(54-43)27-47(37(49)18-6-4-5-7-19-38(50)52-3)33-22-20-29(21-23-33)39(36(48)26-32-14-8-12-30-15-10-24-44-40(30)32)42(51)46-35-17-9-13-31-16-11-25-45-41(31)35/h8-17,20-25,34,39H,4-7,18-19,26-28H2,1-3H3,(H,46,51)/t34-,39?/m1/s1. The smallest absolute Gasteiger partial charge is 0.305 e. The Kier molecular flexibility index (Phi) is 12.4. The van der Waals surface area contributed by atoms with Crippen molar-refractivity contribution in [1.29, 1.82) is 0 Å². The van der Waals surface area contributed by atoms with E-state index in [4.69, 9.17) is 14.2 Å².